The maximum Gasteiger partial charge on any atom is 0.211 e. The first kappa shape index (κ1) is 23.0. The van der Waals surface area contributed by atoms with E-state index in [0.717, 1.165) is 30.6 Å². The van der Waals surface area contributed by atoms with Gasteiger partial charge < -0.3 is 10.6 Å². The molecular formula is C17H35IN4O2S. The van der Waals surface area contributed by atoms with E-state index in [0.29, 0.717) is 19.1 Å². The normalized spacial score (nSPS) is 28.7. The Balaban J connectivity index is 0.00000312. The molecule has 8 heteroatoms. The summed E-state index contributed by atoms with van der Waals surface area (Å²) in [6.07, 6.45) is 8.06. The van der Waals surface area contributed by atoms with E-state index in [9.17, 15) is 8.42 Å². The van der Waals surface area contributed by atoms with E-state index >= 15 is 0 Å². The zero-order valence-electron chi connectivity index (χ0n) is 16.0. The molecule has 2 fully saturated rings. The van der Waals surface area contributed by atoms with Gasteiger partial charge in [0.15, 0.2) is 5.96 Å². The molecule has 0 unspecified atom stereocenters. The number of rotatable bonds is 5. The van der Waals surface area contributed by atoms with Gasteiger partial charge in [-0.05, 0) is 50.4 Å². The van der Waals surface area contributed by atoms with Crippen LogP contribution in [0.2, 0.25) is 0 Å². The van der Waals surface area contributed by atoms with Crippen molar-refractivity contribution < 1.29 is 8.42 Å². The summed E-state index contributed by atoms with van der Waals surface area (Å²) in [5, 5.41) is 6.84. The highest BCUT2D eigenvalue weighted by Gasteiger charge is 2.31. The maximum atomic E-state index is 11.8. The molecule has 148 valence electrons. The van der Waals surface area contributed by atoms with Crippen LogP contribution in [0.4, 0.5) is 0 Å². The number of aliphatic imine (C=N–C) groups is 1. The van der Waals surface area contributed by atoms with Gasteiger partial charge in [0.05, 0.1) is 6.26 Å². The number of nitrogens with one attached hydrogen (secondary N) is 2. The summed E-state index contributed by atoms with van der Waals surface area (Å²) in [5.41, 5.74) is 0. The van der Waals surface area contributed by atoms with Gasteiger partial charge in [-0.15, -0.1) is 24.0 Å². The summed E-state index contributed by atoms with van der Waals surface area (Å²) in [7, 11) is -1.34. The molecular weight excluding hydrogens is 451 g/mol. The summed E-state index contributed by atoms with van der Waals surface area (Å²) in [6.45, 7) is 5.88. The largest absolute Gasteiger partial charge is 0.355 e. The summed E-state index contributed by atoms with van der Waals surface area (Å²) in [5.74, 6) is 2.41. The maximum absolute atomic E-state index is 11.8. The summed E-state index contributed by atoms with van der Waals surface area (Å²) < 4.78 is 25.2. The first-order valence-corrected chi connectivity index (χ1v) is 11.1. The molecule has 0 aromatic carbocycles. The quantitative estimate of drug-likeness (QED) is 0.356. The van der Waals surface area contributed by atoms with Crippen LogP contribution in [-0.2, 0) is 10.0 Å². The average Bonchev–Trinajstić information content (AvgIpc) is 3.00. The summed E-state index contributed by atoms with van der Waals surface area (Å²) >= 11 is 0. The van der Waals surface area contributed by atoms with Crippen molar-refractivity contribution in [1.82, 2.24) is 14.9 Å². The zero-order valence-corrected chi connectivity index (χ0v) is 19.1. The lowest BCUT2D eigenvalue weighted by Crippen LogP contribution is -2.49. The Morgan fingerprint density at radius 1 is 1.20 bits per heavy atom. The smallest absolute Gasteiger partial charge is 0.211 e. The lowest BCUT2D eigenvalue weighted by Gasteiger charge is -2.32. The first-order valence-electron chi connectivity index (χ1n) is 9.25. The molecule has 0 bridgehead atoms. The van der Waals surface area contributed by atoms with Gasteiger partial charge in [0, 0.05) is 32.2 Å². The number of sulfonamides is 1. The molecule has 0 amide bonds. The second-order valence-corrected chi connectivity index (χ2v) is 9.56. The topological polar surface area (TPSA) is 73.8 Å². The van der Waals surface area contributed by atoms with Crippen LogP contribution in [0.15, 0.2) is 4.99 Å². The van der Waals surface area contributed by atoms with Gasteiger partial charge in [-0.3, -0.25) is 4.99 Å². The van der Waals surface area contributed by atoms with Crippen molar-refractivity contribution in [2.24, 2.45) is 16.8 Å². The second-order valence-electron chi connectivity index (χ2n) is 7.62. The van der Waals surface area contributed by atoms with Gasteiger partial charge in [0.1, 0.15) is 0 Å². The lowest BCUT2D eigenvalue weighted by atomic mass is 9.80. The number of hydrogen-bond donors (Lipinski definition) is 2. The predicted octanol–water partition coefficient (Wildman–Crippen LogP) is 2.41. The van der Waals surface area contributed by atoms with E-state index in [-0.39, 0.29) is 30.0 Å². The van der Waals surface area contributed by atoms with Crippen LogP contribution in [0.25, 0.3) is 0 Å². The third-order valence-electron chi connectivity index (χ3n) is 5.53. The lowest BCUT2D eigenvalue weighted by molar-refractivity contribution is 0.250. The minimum absolute atomic E-state index is 0. The van der Waals surface area contributed by atoms with Gasteiger partial charge in [0.25, 0.3) is 0 Å². The van der Waals surface area contributed by atoms with Crippen molar-refractivity contribution >= 4 is 40.0 Å². The molecule has 25 heavy (non-hydrogen) atoms. The Bertz CT molecular complexity index is 531. The van der Waals surface area contributed by atoms with Crippen LogP contribution in [0.5, 0.6) is 0 Å². The highest BCUT2D eigenvalue weighted by molar-refractivity contribution is 14.0. The van der Waals surface area contributed by atoms with E-state index in [1.165, 1.54) is 31.9 Å². The fraction of sp³-hybridized carbons (Fsp3) is 0.941. The van der Waals surface area contributed by atoms with E-state index in [4.69, 9.17) is 0 Å². The first-order chi connectivity index (χ1) is 11.3. The van der Waals surface area contributed by atoms with Crippen LogP contribution in [0.1, 0.15) is 52.4 Å². The Morgan fingerprint density at radius 2 is 1.84 bits per heavy atom. The number of guanidine groups is 1. The SMILES string of the molecule is CN=C(NC[C@H]1CCCN1S(C)(=O)=O)NC1CCC(C(C)C)CC1.I. The molecule has 2 rings (SSSR count). The van der Waals surface area contributed by atoms with Crippen LogP contribution < -0.4 is 10.6 Å². The highest BCUT2D eigenvalue weighted by atomic mass is 127. The highest BCUT2D eigenvalue weighted by Crippen LogP contribution is 2.29. The third-order valence-corrected chi connectivity index (χ3v) is 6.87. The molecule has 1 heterocycles. The van der Waals surface area contributed by atoms with Crippen molar-refractivity contribution in [1.29, 1.82) is 0 Å². The Kier molecular flexibility index (Phi) is 9.45. The fourth-order valence-corrected chi connectivity index (χ4v) is 5.16. The zero-order chi connectivity index (χ0) is 17.7. The number of hydrogen-bond acceptors (Lipinski definition) is 3. The summed E-state index contributed by atoms with van der Waals surface area (Å²) in [4.78, 5) is 4.31. The van der Waals surface area contributed by atoms with Crippen LogP contribution in [-0.4, -0.2) is 57.2 Å². The van der Waals surface area contributed by atoms with Gasteiger partial charge in [-0.1, -0.05) is 13.8 Å². The van der Waals surface area contributed by atoms with Gasteiger partial charge in [0.2, 0.25) is 10.0 Å². The van der Waals surface area contributed by atoms with E-state index < -0.39 is 10.0 Å². The van der Waals surface area contributed by atoms with Crippen molar-refractivity contribution in [2.45, 2.75) is 64.5 Å². The van der Waals surface area contributed by atoms with E-state index in [1.54, 1.807) is 11.4 Å². The average molecular weight is 486 g/mol. The Hall–Kier alpha value is -0.0900. The molecule has 0 spiro atoms. The van der Waals surface area contributed by atoms with Gasteiger partial charge >= 0.3 is 0 Å². The minimum Gasteiger partial charge on any atom is -0.355 e. The summed E-state index contributed by atoms with van der Waals surface area (Å²) in [6, 6.07) is 0.510. The molecule has 2 aliphatic rings. The molecule has 6 nitrogen and oxygen atoms in total. The Morgan fingerprint density at radius 3 is 2.36 bits per heavy atom. The molecule has 2 N–H and O–H groups in total. The minimum atomic E-state index is -3.11. The van der Waals surface area contributed by atoms with Crippen molar-refractivity contribution in [3.8, 4) is 0 Å². The molecule has 0 aromatic rings. The van der Waals surface area contributed by atoms with Crippen LogP contribution in [0, 0.1) is 11.8 Å². The third kappa shape index (κ3) is 6.86. The van der Waals surface area contributed by atoms with Gasteiger partial charge in [-0.25, -0.2) is 8.42 Å². The number of halogens is 1. The van der Waals surface area contributed by atoms with Crippen molar-refractivity contribution in [2.75, 3.05) is 26.4 Å². The molecule has 1 saturated heterocycles. The van der Waals surface area contributed by atoms with Gasteiger partial charge in [-0.2, -0.15) is 4.31 Å². The van der Waals surface area contributed by atoms with Crippen molar-refractivity contribution in [3.63, 3.8) is 0 Å². The molecule has 0 radical (unpaired) electrons. The fourth-order valence-electron chi connectivity index (χ4n) is 3.98. The van der Waals surface area contributed by atoms with E-state index in [1.807, 2.05) is 0 Å². The number of nitrogens with zero attached hydrogens (tertiary/aromatic N) is 2. The van der Waals surface area contributed by atoms with Crippen molar-refractivity contribution in [3.05, 3.63) is 0 Å². The van der Waals surface area contributed by atoms with Crippen LogP contribution in [0.3, 0.4) is 0 Å². The standard InChI is InChI=1S/C17H34N4O2S.HI/c1-13(2)14-7-9-15(10-8-14)20-17(18-3)19-12-16-6-5-11-21(16)24(4,22)23;/h13-16H,5-12H2,1-4H3,(H2,18,19,20);1H/t14?,15?,16-;/m1./s1. The molecule has 1 aliphatic carbocycles. The molecule has 1 saturated carbocycles. The molecule has 0 aromatic heterocycles. The van der Waals surface area contributed by atoms with Crippen LogP contribution >= 0.6 is 24.0 Å². The molecule has 1 aliphatic heterocycles. The monoisotopic (exact) mass is 486 g/mol. The predicted molar refractivity (Wildman–Crippen MR) is 115 cm³/mol. The Labute approximate surface area is 170 Å². The molecule has 1 atom stereocenters. The van der Waals surface area contributed by atoms with E-state index in [2.05, 4.69) is 29.5 Å². The second kappa shape index (κ2) is 10.3.